The molecule has 234 valence electrons. The molecule has 1 amide bonds. The molecule has 3 N–H and O–H groups in total. The first kappa shape index (κ1) is 32.2. The summed E-state index contributed by atoms with van der Waals surface area (Å²) in [6.07, 6.45) is 0.124. The number of nitrogens with zero attached hydrogens (tertiary/aromatic N) is 1. The summed E-state index contributed by atoms with van der Waals surface area (Å²) in [6, 6.07) is 28.9. The van der Waals surface area contributed by atoms with Crippen molar-refractivity contribution < 1.29 is 34.0 Å². The van der Waals surface area contributed by atoms with Crippen molar-refractivity contribution >= 4 is 23.6 Å². The lowest BCUT2D eigenvalue weighted by molar-refractivity contribution is -0.645. The molecule has 5 rings (SSSR count). The molecule has 4 aromatic rings. The minimum Gasteiger partial charge on any atom is -0.618 e. The number of carboxylic acid groups (broad SMARTS) is 1. The van der Waals surface area contributed by atoms with E-state index >= 15 is 0 Å². The van der Waals surface area contributed by atoms with Crippen molar-refractivity contribution in [3.8, 4) is 11.1 Å². The van der Waals surface area contributed by atoms with Crippen LogP contribution in [0, 0.1) is 11.1 Å². The highest BCUT2D eigenvalue weighted by Gasteiger charge is 2.38. The number of hydrogen-bond donors (Lipinski definition) is 3. The van der Waals surface area contributed by atoms with Crippen molar-refractivity contribution in [1.82, 2.24) is 5.32 Å². The van der Waals surface area contributed by atoms with Crippen LogP contribution in [0.4, 0.5) is 0 Å². The zero-order chi connectivity index (χ0) is 31.8. The largest absolute Gasteiger partial charge is 0.618 e. The van der Waals surface area contributed by atoms with Gasteiger partial charge in [-0.1, -0.05) is 85.4 Å². The van der Waals surface area contributed by atoms with Gasteiger partial charge in [-0.25, -0.2) is 0 Å². The minimum atomic E-state index is -1.00. The molecule has 0 bridgehead atoms. The van der Waals surface area contributed by atoms with Crippen LogP contribution in [-0.2, 0) is 32.2 Å². The molecule has 1 aliphatic rings. The Kier molecular flexibility index (Phi) is 10.9. The van der Waals surface area contributed by atoms with Crippen LogP contribution in [0.15, 0.2) is 102 Å². The maximum atomic E-state index is 12.3. The lowest BCUT2D eigenvalue weighted by Gasteiger charge is -2.41. The number of benzene rings is 3. The summed E-state index contributed by atoms with van der Waals surface area (Å²) in [7, 11) is 0. The van der Waals surface area contributed by atoms with Gasteiger partial charge in [-0.05, 0) is 39.9 Å². The van der Waals surface area contributed by atoms with Gasteiger partial charge < -0.3 is 30.2 Å². The van der Waals surface area contributed by atoms with Crippen LogP contribution in [0.3, 0.4) is 0 Å². The quantitative estimate of drug-likeness (QED) is 0.106. The molecular formula is C35H36N2O7S. The number of pyridine rings is 1. The number of aliphatic carboxylic acids is 1. The number of aliphatic hydroxyl groups excluding tert-OH is 1. The van der Waals surface area contributed by atoms with Crippen molar-refractivity contribution in [2.75, 3.05) is 5.75 Å². The number of rotatable bonds is 12. The van der Waals surface area contributed by atoms with E-state index < -0.39 is 12.3 Å². The minimum absolute atomic E-state index is 0.0100. The molecule has 1 fully saturated rings. The summed E-state index contributed by atoms with van der Waals surface area (Å²) in [4.78, 5) is 22.7. The Hall–Kier alpha value is -4.22. The van der Waals surface area contributed by atoms with Crippen molar-refractivity contribution in [3.63, 3.8) is 0 Å². The molecule has 0 spiro atoms. The fourth-order valence-corrected chi connectivity index (χ4v) is 6.28. The average Bonchev–Trinajstić information content (AvgIpc) is 3.07. The number of carboxylic acids is 1. The number of carbonyl (C=O) groups excluding carboxylic acids is 1. The molecule has 1 saturated heterocycles. The summed E-state index contributed by atoms with van der Waals surface area (Å²) >= 11 is 1.45. The van der Waals surface area contributed by atoms with Crippen LogP contribution in [-0.4, -0.2) is 33.9 Å². The Morgan fingerprint density at radius 3 is 2.36 bits per heavy atom. The van der Waals surface area contributed by atoms with Crippen LogP contribution in [0.5, 0.6) is 0 Å². The van der Waals surface area contributed by atoms with Crippen LogP contribution in [0.2, 0.25) is 0 Å². The molecular weight excluding hydrogens is 592 g/mol. The van der Waals surface area contributed by atoms with Gasteiger partial charge in [0.05, 0.1) is 25.2 Å². The van der Waals surface area contributed by atoms with Crippen molar-refractivity contribution in [2.45, 2.75) is 56.4 Å². The highest BCUT2D eigenvalue weighted by Crippen LogP contribution is 2.43. The fourth-order valence-electron chi connectivity index (χ4n) is 5.20. The second-order valence-corrected chi connectivity index (χ2v) is 12.0. The van der Waals surface area contributed by atoms with E-state index in [2.05, 4.69) is 12.2 Å². The van der Waals surface area contributed by atoms with Crippen LogP contribution in [0.1, 0.15) is 54.4 Å². The van der Waals surface area contributed by atoms with Gasteiger partial charge in [0.25, 0.3) is 5.03 Å². The molecule has 4 atom stereocenters. The number of thioether (sulfide) groups is 1. The average molecular weight is 629 g/mol. The monoisotopic (exact) mass is 628 g/mol. The number of amides is 1. The van der Waals surface area contributed by atoms with Crippen molar-refractivity contribution in [2.24, 2.45) is 5.92 Å². The van der Waals surface area contributed by atoms with E-state index in [1.165, 1.54) is 18.0 Å². The van der Waals surface area contributed by atoms with Crippen LogP contribution < -0.4 is 10.0 Å². The van der Waals surface area contributed by atoms with E-state index in [1.807, 2.05) is 78.9 Å². The van der Waals surface area contributed by atoms with Gasteiger partial charge in [-0.2, -0.15) is 4.73 Å². The van der Waals surface area contributed by atoms with Crippen molar-refractivity contribution in [3.05, 3.63) is 125 Å². The van der Waals surface area contributed by atoms with Crippen molar-refractivity contribution in [1.29, 1.82) is 0 Å². The Morgan fingerprint density at radius 2 is 1.64 bits per heavy atom. The summed E-state index contributed by atoms with van der Waals surface area (Å²) in [5.41, 5.74) is 5.54. The SMILES string of the molecule is C[C@@H]1[C@H](CSc2cccc[n+]2[O-])O[C@H](c2ccc(-c3cccc(CNC(=O)CCC(=O)O)c3)cc2)O[C@@H]1c1ccc(CO)cc1. The lowest BCUT2D eigenvalue weighted by Crippen LogP contribution is -2.39. The molecule has 0 radical (unpaired) electrons. The summed E-state index contributed by atoms with van der Waals surface area (Å²) in [6.45, 7) is 2.37. The van der Waals surface area contributed by atoms with E-state index in [1.54, 1.807) is 12.1 Å². The Balaban J connectivity index is 1.32. The summed E-state index contributed by atoms with van der Waals surface area (Å²) < 4.78 is 14.0. The Morgan fingerprint density at radius 1 is 0.889 bits per heavy atom. The molecule has 1 aliphatic heterocycles. The third-order valence-corrected chi connectivity index (χ3v) is 8.91. The Bertz CT molecular complexity index is 1600. The maximum absolute atomic E-state index is 12.3. The number of aliphatic hydroxyl groups is 1. The number of hydrogen-bond acceptors (Lipinski definition) is 7. The number of carbonyl (C=O) groups is 2. The molecule has 0 unspecified atom stereocenters. The number of nitrogens with one attached hydrogen (secondary N) is 1. The van der Waals surface area contributed by atoms with Gasteiger partial charge in [-0.3, -0.25) is 9.59 Å². The van der Waals surface area contributed by atoms with Crippen LogP contribution >= 0.6 is 11.8 Å². The van der Waals surface area contributed by atoms with E-state index in [0.29, 0.717) is 17.3 Å². The predicted octanol–water partition coefficient (Wildman–Crippen LogP) is 5.54. The zero-order valence-electron chi connectivity index (χ0n) is 24.9. The molecule has 0 saturated carbocycles. The summed E-state index contributed by atoms with van der Waals surface area (Å²) in [5, 5.41) is 33.9. The lowest BCUT2D eigenvalue weighted by atomic mass is 9.91. The van der Waals surface area contributed by atoms with E-state index in [-0.39, 0.29) is 43.5 Å². The normalized spacial score (nSPS) is 19.6. The van der Waals surface area contributed by atoms with Gasteiger partial charge in [0.15, 0.2) is 12.5 Å². The Labute approximate surface area is 266 Å². The third-order valence-electron chi connectivity index (χ3n) is 7.81. The first-order chi connectivity index (χ1) is 21.8. The van der Waals surface area contributed by atoms with Gasteiger partial charge in [-0.15, -0.1) is 0 Å². The molecule has 2 heterocycles. The number of aromatic nitrogens is 1. The highest BCUT2D eigenvalue weighted by molar-refractivity contribution is 7.99. The first-order valence-electron chi connectivity index (χ1n) is 14.8. The molecule has 9 nitrogen and oxygen atoms in total. The number of ether oxygens (including phenoxy) is 2. The molecule has 10 heteroatoms. The maximum Gasteiger partial charge on any atom is 0.303 e. The van der Waals surface area contributed by atoms with Gasteiger partial charge in [0.2, 0.25) is 5.91 Å². The smallest absolute Gasteiger partial charge is 0.303 e. The second-order valence-electron chi connectivity index (χ2n) is 11.0. The van der Waals surface area contributed by atoms with Gasteiger partial charge in [0.1, 0.15) is 0 Å². The molecule has 0 aliphatic carbocycles. The van der Waals surface area contributed by atoms with E-state index in [9.17, 15) is 19.9 Å². The van der Waals surface area contributed by atoms with E-state index in [0.717, 1.165) is 38.1 Å². The zero-order valence-corrected chi connectivity index (χ0v) is 25.7. The molecule has 3 aromatic carbocycles. The van der Waals surface area contributed by atoms with Crippen LogP contribution in [0.25, 0.3) is 11.1 Å². The van der Waals surface area contributed by atoms with Gasteiger partial charge >= 0.3 is 5.97 Å². The molecule has 1 aromatic heterocycles. The summed E-state index contributed by atoms with van der Waals surface area (Å²) in [5.74, 6) is -0.746. The standard InChI is InChI=1S/C35H36N2O7S/c1-23-30(22-45-32-7-2-3-18-37(32)42)43-35(44-34(23)27-10-8-24(21-38)9-11-27)28-14-12-26(13-15-28)29-6-4-5-25(19-29)20-36-31(39)16-17-33(40)41/h2-15,18-19,23,30,34-35,38H,16-17,20-22H2,1H3,(H,36,39)(H,40,41)/t23-,30+,34+,35+/m1/s1. The predicted molar refractivity (Wildman–Crippen MR) is 170 cm³/mol. The topological polar surface area (TPSA) is 132 Å². The second kappa shape index (κ2) is 15.2. The highest BCUT2D eigenvalue weighted by atomic mass is 32.2. The van der Waals surface area contributed by atoms with Gasteiger partial charge in [0, 0.05) is 42.3 Å². The third kappa shape index (κ3) is 8.49. The van der Waals surface area contributed by atoms with E-state index in [4.69, 9.17) is 14.6 Å². The molecule has 45 heavy (non-hydrogen) atoms. The fraction of sp³-hybridized carbons (Fsp3) is 0.286. The first-order valence-corrected chi connectivity index (χ1v) is 15.8.